The minimum absolute atomic E-state index is 0.507. The average molecular weight is 332 g/mol. The molecule has 1 aliphatic heterocycles. The monoisotopic (exact) mass is 332 g/mol. The van der Waals surface area contributed by atoms with E-state index < -0.39 is 0 Å². The predicted octanol–water partition coefficient (Wildman–Crippen LogP) is 4.62. The van der Waals surface area contributed by atoms with E-state index in [1.807, 2.05) is 18.3 Å². The minimum Gasteiger partial charge on any atom is -0.496 e. The zero-order chi connectivity index (χ0) is 17.1. The Balaban J connectivity index is 1.52. The van der Waals surface area contributed by atoms with Crippen LogP contribution in [-0.4, -0.2) is 30.1 Å². The largest absolute Gasteiger partial charge is 0.496 e. The summed E-state index contributed by atoms with van der Waals surface area (Å²) in [5.74, 6) is 1.49. The van der Waals surface area contributed by atoms with E-state index in [0.717, 1.165) is 25.4 Å². The van der Waals surface area contributed by atoms with E-state index >= 15 is 0 Å². The Hall–Kier alpha value is -2.39. The number of fused-ring (bicyclic) bond motifs is 1. The van der Waals surface area contributed by atoms with Crippen LogP contribution in [0.15, 0.2) is 60.8 Å². The van der Waals surface area contributed by atoms with Crippen LogP contribution in [-0.2, 0) is 6.54 Å². The summed E-state index contributed by atoms with van der Waals surface area (Å²) in [6.45, 7) is 3.14. The molecule has 1 fully saturated rings. The van der Waals surface area contributed by atoms with Gasteiger partial charge in [0, 0.05) is 41.8 Å². The standard InChI is InChI=1S/C22H24N2O/c1-25-22-11-5-4-9-20(22)16-24-12-6-10-19(15-24)21-13-17-7-2-3-8-18(17)14-23-21/h2-5,7-9,11,13-14,19H,6,10,12,15-16H2,1H3. The highest BCUT2D eigenvalue weighted by molar-refractivity contribution is 5.81. The molecule has 2 heterocycles. The Bertz CT molecular complexity index is 861. The van der Waals surface area contributed by atoms with Crippen LogP contribution >= 0.6 is 0 Å². The second kappa shape index (κ2) is 7.24. The van der Waals surface area contributed by atoms with Crippen molar-refractivity contribution in [2.24, 2.45) is 0 Å². The molecule has 0 spiro atoms. The Labute approximate surface area is 149 Å². The van der Waals surface area contributed by atoms with Gasteiger partial charge in [0.25, 0.3) is 0 Å². The first kappa shape index (κ1) is 16.1. The molecule has 128 valence electrons. The minimum atomic E-state index is 0.507. The SMILES string of the molecule is COc1ccccc1CN1CCCC(c2cc3ccccc3cn2)C1. The lowest BCUT2D eigenvalue weighted by Crippen LogP contribution is -2.34. The van der Waals surface area contributed by atoms with Gasteiger partial charge in [0.15, 0.2) is 0 Å². The summed E-state index contributed by atoms with van der Waals surface area (Å²) in [5.41, 5.74) is 2.49. The average Bonchev–Trinajstić information content (AvgIpc) is 2.68. The van der Waals surface area contributed by atoms with E-state index in [2.05, 4.69) is 47.4 Å². The highest BCUT2D eigenvalue weighted by Gasteiger charge is 2.23. The topological polar surface area (TPSA) is 25.4 Å². The van der Waals surface area contributed by atoms with Gasteiger partial charge >= 0.3 is 0 Å². The number of nitrogens with zero attached hydrogens (tertiary/aromatic N) is 2. The number of hydrogen-bond donors (Lipinski definition) is 0. The van der Waals surface area contributed by atoms with Gasteiger partial charge in [0.2, 0.25) is 0 Å². The number of hydrogen-bond acceptors (Lipinski definition) is 3. The number of rotatable bonds is 4. The molecule has 1 unspecified atom stereocenters. The quantitative estimate of drug-likeness (QED) is 0.697. The maximum atomic E-state index is 5.51. The van der Waals surface area contributed by atoms with Gasteiger partial charge in [-0.15, -0.1) is 0 Å². The number of likely N-dealkylation sites (tertiary alicyclic amines) is 1. The molecule has 3 heteroatoms. The summed E-state index contributed by atoms with van der Waals surface area (Å²) in [6.07, 6.45) is 4.45. The maximum Gasteiger partial charge on any atom is 0.123 e. The summed E-state index contributed by atoms with van der Waals surface area (Å²) >= 11 is 0. The van der Waals surface area contributed by atoms with Crippen molar-refractivity contribution in [2.75, 3.05) is 20.2 Å². The second-order valence-electron chi connectivity index (χ2n) is 6.84. The van der Waals surface area contributed by atoms with Crippen LogP contribution in [0.2, 0.25) is 0 Å². The molecule has 1 saturated heterocycles. The smallest absolute Gasteiger partial charge is 0.123 e. The third-order valence-corrected chi connectivity index (χ3v) is 5.16. The van der Waals surface area contributed by atoms with Gasteiger partial charge in [-0.3, -0.25) is 9.88 Å². The number of pyridine rings is 1. The lowest BCUT2D eigenvalue weighted by molar-refractivity contribution is 0.196. The van der Waals surface area contributed by atoms with E-state index in [-0.39, 0.29) is 0 Å². The lowest BCUT2D eigenvalue weighted by Gasteiger charge is -2.32. The summed E-state index contributed by atoms with van der Waals surface area (Å²) in [5, 5.41) is 2.50. The van der Waals surface area contributed by atoms with Crippen LogP contribution < -0.4 is 4.74 Å². The molecule has 0 bridgehead atoms. The molecule has 1 atom stereocenters. The summed E-state index contributed by atoms with van der Waals surface area (Å²) in [6, 6.07) is 19.1. The summed E-state index contributed by atoms with van der Waals surface area (Å²) in [4.78, 5) is 7.29. The maximum absolute atomic E-state index is 5.51. The van der Waals surface area contributed by atoms with Crippen molar-refractivity contribution in [3.63, 3.8) is 0 Å². The van der Waals surface area contributed by atoms with Gasteiger partial charge < -0.3 is 4.74 Å². The number of ether oxygens (including phenoxy) is 1. The predicted molar refractivity (Wildman–Crippen MR) is 102 cm³/mol. The zero-order valence-electron chi connectivity index (χ0n) is 14.7. The fraction of sp³-hybridized carbons (Fsp3) is 0.318. The van der Waals surface area contributed by atoms with Gasteiger partial charge in [-0.25, -0.2) is 0 Å². The number of aromatic nitrogens is 1. The lowest BCUT2D eigenvalue weighted by atomic mass is 9.93. The van der Waals surface area contributed by atoms with Crippen molar-refractivity contribution in [2.45, 2.75) is 25.3 Å². The second-order valence-corrected chi connectivity index (χ2v) is 6.84. The van der Waals surface area contributed by atoms with Gasteiger partial charge in [0.1, 0.15) is 5.75 Å². The summed E-state index contributed by atoms with van der Waals surface area (Å²) in [7, 11) is 1.75. The molecule has 2 aromatic carbocycles. The fourth-order valence-electron chi connectivity index (χ4n) is 3.84. The van der Waals surface area contributed by atoms with Gasteiger partial charge in [-0.05, 0) is 36.9 Å². The summed E-state index contributed by atoms with van der Waals surface area (Å²) < 4.78 is 5.51. The van der Waals surface area contributed by atoms with E-state index in [0.29, 0.717) is 5.92 Å². The molecule has 0 aliphatic carbocycles. The highest BCUT2D eigenvalue weighted by atomic mass is 16.5. The fourth-order valence-corrected chi connectivity index (χ4v) is 3.84. The normalized spacial score (nSPS) is 18.4. The van der Waals surface area contributed by atoms with Gasteiger partial charge in [0.05, 0.1) is 7.11 Å². The van der Waals surface area contributed by atoms with Gasteiger partial charge in [-0.2, -0.15) is 0 Å². The molecule has 0 radical (unpaired) electrons. The van der Waals surface area contributed by atoms with E-state index in [1.54, 1.807) is 7.11 Å². The Morgan fingerprint density at radius 1 is 1.08 bits per heavy atom. The van der Waals surface area contributed by atoms with Crippen LogP contribution in [0.4, 0.5) is 0 Å². The van der Waals surface area contributed by atoms with Crippen molar-refractivity contribution >= 4 is 10.8 Å². The van der Waals surface area contributed by atoms with Crippen LogP contribution in [0.1, 0.15) is 30.0 Å². The van der Waals surface area contributed by atoms with E-state index in [9.17, 15) is 0 Å². The molecule has 0 amide bonds. The first-order valence-electron chi connectivity index (χ1n) is 9.02. The molecule has 4 rings (SSSR count). The van der Waals surface area contributed by atoms with E-state index in [4.69, 9.17) is 9.72 Å². The highest BCUT2D eigenvalue weighted by Crippen LogP contribution is 2.29. The molecule has 3 aromatic rings. The Morgan fingerprint density at radius 2 is 1.88 bits per heavy atom. The third-order valence-electron chi connectivity index (χ3n) is 5.16. The first-order valence-corrected chi connectivity index (χ1v) is 9.02. The van der Waals surface area contributed by atoms with Gasteiger partial charge in [-0.1, -0.05) is 42.5 Å². The first-order chi connectivity index (χ1) is 12.3. The van der Waals surface area contributed by atoms with Crippen molar-refractivity contribution in [1.29, 1.82) is 0 Å². The molecule has 0 N–H and O–H groups in total. The number of piperidine rings is 1. The molecular formula is C22H24N2O. The van der Waals surface area contributed by atoms with Crippen LogP contribution in [0, 0.1) is 0 Å². The van der Waals surface area contributed by atoms with E-state index in [1.165, 1.54) is 34.9 Å². The Kier molecular flexibility index (Phi) is 4.66. The van der Waals surface area contributed by atoms with Crippen molar-refractivity contribution in [3.8, 4) is 5.75 Å². The number of benzene rings is 2. The van der Waals surface area contributed by atoms with Crippen LogP contribution in [0.5, 0.6) is 5.75 Å². The molecule has 1 aromatic heterocycles. The van der Waals surface area contributed by atoms with Crippen LogP contribution in [0.25, 0.3) is 10.8 Å². The van der Waals surface area contributed by atoms with Crippen molar-refractivity contribution in [1.82, 2.24) is 9.88 Å². The third kappa shape index (κ3) is 3.52. The van der Waals surface area contributed by atoms with Crippen molar-refractivity contribution in [3.05, 3.63) is 72.1 Å². The van der Waals surface area contributed by atoms with Crippen LogP contribution in [0.3, 0.4) is 0 Å². The Morgan fingerprint density at radius 3 is 2.76 bits per heavy atom. The number of para-hydroxylation sites is 1. The molecular weight excluding hydrogens is 308 g/mol. The zero-order valence-corrected chi connectivity index (χ0v) is 14.7. The van der Waals surface area contributed by atoms with Crippen molar-refractivity contribution < 1.29 is 4.74 Å². The molecule has 1 aliphatic rings. The molecule has 0 saturated carbocycles. The number of methoxy groups -OCH3 is 1. The molecule has 3 nitrogen and oxygen atoms in total. The molecule has 25 heavy (non-hydrogen) atoms.